The van der Waals surface area contributed by atoms with E-state index >= 15 is 0 Å². The predicted molar refractivity (Wildman–Crippen MR) is 119 cm³/mol. The van der Waals surface area contributed by atoms with Crippen LogP contribution in [0.2, 0.25) is 0 Å². The highest BCUT2D eigenvalue weighted by Gasteiger charge is 2.35. The summed E-state index contributed by atoms with van der Waals surface area (Å²) in [7, 11) is 0. The van der Waals surface area contributed by atoms with E-state index in [4.69, 9.17) is 0 Å². The third-order valence-electron chi connectivity index (χ3n) is 5.35. The highest BCUT2D eigenvalue weighted by molar-refractivity contribution is 5.95. The van der Waals surface area contributed by atoms with E-state index < -0.39 is 0 Å². The van der Waals surface area contributed by atoms with Crippen molar-refractivity contribution in [3.63, 3.8) is 0 Å². The monoisotopic (exact) mass is 414 g/mol. The minimum Gasteiger partial charge on any atom is -0.356 e. The number of rotatable bonds is 6. The second-order valence-electron chi connectivity index (χ2n) is 7.43. The van der Waals surface area contributed by atoms with Gasteiger partial charge in [-0.3, -0.25) is 4.79 Å². The third-order valence-corrected chi connectivity index (χ3v) is 5.35. The van der Waals surface area contributed by atoms with E-state index in [1.807, 2.05) is 66.4 Å². The number of nitrogens with zero attached hydrogens (tertiary/aromatic N) is 6. The maximum absolute atomic E-state index is 12.6. The fraction of sp³-hybridized carbons (Fsp3) is 0.227. The zero-order valence-corrected chi connectivity index (χ0v) is 17.1. The number of hydrogen-bond acceptors (Lipinski definition) is 7. The van der Waals surface area contributed by atoms with E-state index in [0.29, 0.717) is 30.8 Å². The number of aryl methyl sites for hydroxylation is 1. The van der Waals surface area contributed by atoms with Crippen molar-refractivity contribution >= 4 is 40.0 Å². The number of carbonyl (C=O) groups is 1. The molecule has 1 aliphatic rings. The van der Waals surface area contributed by atoms with Crippen LogP contribution in [0.3, 0.4) is 0 Å². The van der Waals surface area contributed by atoms with E-state index in [2.05, 4.69) is 30.9 Å². The van der Waals surface area contributed by atoms with Crippen molar-refractivity contribution in [1.82, 2.24) is 25.0 Å². The highest BCUT2D eigenvalue weighted by atomic mass is 16.2. The molecule has 5 rings (SSSR count). The smallest absolute Gasteiger partial charge is 0.231 e. The van der Waals surface area contributed by atoms with Gasteiger partial charge in [0.25, 0.3) is 0 Å². The van der Waals surface area contributed by atoms with Gasteiger partial charge in [-0.25, -0.2) is 14.6 Å². The molecule has 156 valence electrons. The Morgan fingerprint density at radius 3 is 2.45 bits per heavy atom. The number of fused-ring (bicyclic) bond motifs is 1. The van der Waals surface area contributed by atoms with Gasteiger partial charge in [0.1, 0.15) is 6.33 Å². The van der Waals surface area contributed by atoms with Crippen molar-refractivity contribution in [3.05, 3.63) is 60.9 Å². The summed E-state index contributed by atoms with van der Waals surface area (Å²) < 4.78 is 1.74. The Morgan fingerprint density at radius 2 is 1.71 bits per heavy atom. The second kappa shape index (κ2) is 8.02. The SMILES string of the molecule is CCn1nnc2c(N3CC(C(=O)Nc4ccc(Nc5ccccc5)cc4)C3)ncnc21. The molecule has 2 aromatic carbocycles. The molecule has 1 fully saturated rings. The van der Waals surface area contributed by atoms with Gasteiger partial charge in [-0.05, 0) is 43.3 Å². The Balaban J connectivity index is 1.19. The van der Waals surface area contributed by atoms with Crippen LogP contribution >= 0.6 is 0 Å². The van der Waals surface area contributed by atoms with E-state index in [1.165, 1.54) is 6.33 Å². The molecule has 3 heterocycles. The molecule has 0 unspecified atom stereocenters. The fourth-order valence-corrected chi connectivity index (χ4v) is 3.61. The number of carbonyl (C=O) groups excluding carboxylic acids is 1. The first kappa shape index (κ1) is 19.0. The molecule has 2 aromatic heterocycles. The van der Waals surface area contributed by atoms with Crippen LogP contribution in [-0.2, 0) is 11.3 Å². The number of benzene rings is 2. The minimum absolute atomic E-state index is 0.00234. The first-order chi connectivity index (χ1) is 15.2. The van der Waals surface area contributed by atoms with E-state index in [-0.39, 0.29) is 11.8 Å². The van der Waals surface area contributed by atoms with Gasteiger partial charge in [-0.2, -0.15) is 0 Å². The first-order valence-electron chi connectivity index (χ1n) is 10.2. The van der Waals surface area contributed by atoms with Crippen LogP contribution < -0.4 is 15.5 Å². The van der Waals surface area contributed by atoms with Crippen LogP contribution in [0.25, 0.3) is 11.2 Å². The van der Waals surface area contributed by atoms with Gasteiger partial charge < -0.3 is 15.5 Å². The summed E-state index contributed by atoms with van der Waals surface area (Å²) >= 11 is 0. The Bertz CT molecular complexity index is 1200. The van der Waals surface area contributed by atoms with Gasteiger partial charge in [0.05, 0.1) is 5.92 Å². The van der Waals surface area contributed by atoms with Crippen LogP contribution in [-0.4, -0.2) is 44.0 Å². The second-order valence-corrected chi connectivity index (χ2v) is 7.43. The van der Waals surface area contributed by atoms with Gasteiger partial charge >= 0.3 is 0 Å². The fourth-order valence-electron chi connectivity index (χ4n) is 3.61. The van der Waals surface area contributed by atoms with Crippen molar-refractivity contribution in [2.45, 2.75) is 13.5 Å². The quantitative estimate of drug-likeness (QED) is 0.500. The molecule has 0 aliphatic carbocycles. The number of nitrogens with one attached hydrogen (secondary N) is 2. The summed E-state index contributed by atoms with van der Waals surface area (Å²) in [6.45, 7) is 3.86. The number of hydrogen-bond donors (Lipinski definition) is 2. The van der Waals surface area contributed by atoms with Crippen molar-refractivity contribution in [2.24, 2.45) is 5.92 Å². The maximum Gasteiger partial charge on any atom is 0.231 e. The standard InChI is InChI=1S/C22H22N8O/c1-2-30-21-19(27-28-30)20(23-14-24-21)29-12-15(13-29)22(31)26-18-10-8-17(9-11-18)25-16-6-4-3-5-7-16/h3-11,14-15,25H,2,12-13H2,1H3,(H,26,31). The van der Waals surface area contributed by atoms with Crippen molar-refractivity contribution < 1.29 is 4.79 Å². The molecule has 4 aromatic rings. The largest absolute Gasteiger partial charge is 0.356 e. The van der Waals surface area contributed by atoms with Gasteiger partial charge in [0, 0.05) is 36.7 Å². The Hall–Kier alpha value is -4.01. The molecule has 0 atom stereocenters. The molecular weight excluding hydrogens is 392 g/mol. The van der Waals surface area contributed by atoms with Crippen LogP contribution in [0.5, 0.6) is 0 Å². The van der Waals surface area contributed by atoms with Gasteiger partial charge in [-0.1, -0.05) is 23.4 Å². The molecule has 31 heavy (non-hydrogen) atoms. The Labute approximate surface area is 179 Å². The summed E-state index contributed by atoms with van der Waals surface area (Å²) in [6.07, 6.45) is 1.52. The van der Waals surface area contributed by atoms with Gasteiger partial charge in [-0.15, -0.1) is 5.10 Å². The molecule has 1 saturated heterocycles. The van der Waals surface area contributed by atoms with Crippen molar-refractivity contribution in [2.75, 3.05) is 28.6 Å². The first-order valence-corrected chi connectivity index (χ1v) is 10.2. The zero-order valence-electron chi connectivity index (χ0n) is 17.1. The van der Waals surface area contributed by atoms with Crippen molar-refractivity contribution in [1.29, 1.82) is 0 Å². The lowest BCUT2D eigenvalue weighted by atomic mass is 9.99. The Morgan fingerprint density at radius 1 is 1.00 bits per heavy atom. The highest BCUT2D eigenvalue weighted by Crippen LogP contribution is 2.28. The average molecular weight is 414 g/mol. The summed E-state index contributed by atoms with van der Waals surface area (Å²) in [5.74, 6) is 0.626. The zero-order chi connectivity index (χ0) is 21.2. The molecule has 1 aliphatic heterocycles. The molecule has 0 saturated carbocycles. The molecule has 2 N–H and O–H groups in total. The number of aromatic nitrogens is 5. The van der Waals surface area contributed by atoms with E-state index in [0.717, 1.165) is 22.9 Å². The lowest BCUT2D eigenvalue weighted by Gasteiger charge is -2.38. The van der Waals surface area contributed by atoms with Crippen molar-refractivity contribution in [3.8, 4) is 0 Å². The summed E-state index contributed by atoms with van der Waals surface area (Å²) in [5, 5.41) is 14.6. The van der Waals surface area contributed by atoms with Crippen LogP contribution in [0, 0.1) is 5.92 Å². The topological polar surface area (TPSA) is 101 Å². The lowest BCUT2D eigenvalue weighted by Crippen LogP contribution is -2.52. The number of anilines is 4. The number of amides is 1. The van der Waals surface area contributed by atoms with Crippen LogP contribution in [0.15, 0.2) is 60.9 Å². The molecular formula is C22H22N8O. The molecule has 0 radical (unpaired) electrons. The third kappa shape index (κ3) is 3.77. The summed E-state index contributed by atoms with van der Waals surface area (Å²) in [5.41, 5.74) is 4.14. The normalized spacial score (nSPS) is 13.8. The summed E-state index contributed by atoms with van der Waals surface area (Å²) in [6, 6.07) is 17.7. The predicted octanol–water partition coefficient (Wildman–Crippen LogP) is 3.06. The maximum atomic E-state index is 12.6. The number of para-hydroxylation sites is 1. The average Bonchev–Trinajstić information content (AvgIpc) is 3.19. The lowest BCUT2D eigenvalue weighted by molar-refractivity contribution is -0.120. The molecule has 9 nitrogen and oxygen atoms in total. The Kier molecular flexibility index (Phi) is 4.91. The minimum atomic E-state index is -0.103. The summed E-state index contributed by atoms with van der Waals surface area (Å²) in [4.78, 5) is 23.3. The van der Waals surface area contributed by atoms with Gasteiger partial charge in [0.15, 0.2) is 17.0 Å². The molecule has 1 amide bonds. The van der Waals surface area contributed by atoms with Crippen LogP contribution in [0.4, 0.5) is 22.9 Å². The molecule has 0 bridgehead atoms. The molecule has 0 spiro atoms. The van der Waals surface area contributed by atoms with E-state index in [9.17, 15) is 4.79 Å². The van der Waals surface area contributed by atoms with Crippen LogP contribution in [0.1, 0.15) is 6.92 Å². The van der Waals surface area contributed by atoms with Gasteiger partial charge in [0.2, 0.25) is 5.91 Å². The van der Waals surface area contributed by atoms with E-state index in [1.54, 1.807) is 4.68 Å². The molecule has 9 heteroatoms.